The van der Waals surface area contributed by atoms with Crippen molar-refractivity contribution in [2.24, 2.45) is 7.05 Å². The van der Waals surface area contributed by atoms with Crippen molar-refractivity contribution in [2.45, 2.75) is 18.6 Å². The highest BCUT2D eigenvalue weighted by Crippen LogP contribution is 2.24. The van der Waals surface area contributed by atoms with Gasteiger partial charge in [-0.3, -0.25) is 9.48 Å². The van der Waals surface area contributed by atoms with E-state index in [0.717, 1.165) is 16.7 Å². The molecular formula is C23H27FN8O2S. The molecule has 0 unspecified atom stereocenters. The number of hydrogen-bond acceptors (Lipinski definition) is 8. The van der Waals surface area contributed by atoms with Crippen molar-refractivity contribution in [1.82, 2.24) is 34.8 Å². The molecule has 35 heavy (non-hydrogen) atoms. The number of halogens is 1. The average molecular weight is 499 g/mol. The van der Waals surface area contributed by atoms with Crippen molar-refractivity contribution in [3.05, 3.63) is 48.0 Å². The van der Waals surface area contributed by atoms with Gasteiger partial charge in [-0.05, 0) is 36.1 Å². The normalized spacial score (nSPS) is 11.2. The number of hydrogen-bond donors (Lipinski definition) is 2. The monoisotopic (exact) mass is 498 g/mol. The van der Waals surface area contributed by atoms with Crippen molar-refractivity contribution in [1.29, 1.82) is 0 Å². The first kappa shape index (κ1) is 24.6. The number of carbonyl (C=O) groups is 1. The lowest BCUT2D eigenvalue weighted by atomic mass is 10.1. The molecule has 0 aliphatic rings. The summed E-state index contributed by atoms with van der Waals surface area (Å²) >= 11 is 1.55. The molecule has 0 bridgehead atoms. The topological polar surface area (TPSA) is 112 Å². The maximum absolute atomic E-state index is 13.2. The maximum atomic E-state index is 13.2. The highest BCUT2D eigenvalue weighted by molar-refractivity contribution is 7.99. The van der Waals surface area contributed by atoms with E-state index in [0.29, 0.717) is 54.3 Å². The number of aromatic nitrogens is 6. The Labute approximate surface area is 206 Å². The number of benzene rings is 1. The van der Waals surface area contributed by atoms with Crippen LogP contribution in [0.5, 0.6) is 0 Å². The molecule has 10 nitrogen and oxygen atoms in total. The fourth-order valence-electron chi connectivity index (χ4n) is 3.51. The van der Waals surface area contributed by atoms with Crippen LogP contribution >= 0.6 is 11.8 Å². The number of ether oxygens (including phenoxy) is 1. The first-order chi connectivity index (χ1) is 17.0. The molecule has 0 saturated carbocycles. The molecule has 4 rings (SSSR count). The van der Waals surface area contributed by atoms with E-state index in [-0.39, 0.29) is 11.7 Å². The molecule has 0 spiro atoms. The van der Waals surface area contributed by atoms with Crippen LogP contribution in [0.3, 0.4) is 0 Å². The van der Waals surface area contributed by atoms with E-state index in [4.69, 9.17) is 4.74 Å². The second-order valence-electron chi connectivity index (χ2n) is 7.61. The quantitative estimate of drug-likeness (QED) is 0.184. The summed E-state index contributed by atoms with van der Waals surface area (Å²) in [7, 11) is 3.35. The summed E-state index contributed by atoms with van der Waals surface area (Å²) < 4.78 is 21.6. The van der Waals surface area contributed by atoms with Gasteiger partial charge in [0.1, 0.15) is 17.3 Å². The van der Waals surface area contributed by atoms with Crippen LogP contribution in [0.1, 0.15) is 17.4 Å². The van der Waals surface area contributed by atoms with Gasteiger partial charge in [0.15, 0.2) is 10.8 Å². The number of nitrogens with zero attached hydrogens (tertiary/aromatic N) is 6. The highest BCUT2D eigenvalue weighted by atomic mass is 32.2. The van der Waals surface area contributed by atoms with E-state index in [1.807, 2.05) is 6.92 Å². The lowest BCUT2D eigenvalue weighted by molar-refractivity contribution is 0.0942. The SMILES string of the molecule is CCSc1nc(NCCOC)c2cnn(CCNC(=O)c3cc(-c4ccc(F)cc4)nn3C)c2n1. The van der Waals surface area contributed by atoms with Gasteiger partial charge in [0.05, 0.1) is 30.4 Å². The molecule has 0 aliphatic carbocycles. The van der Waals surface area contributed by atoms with Crippen molar-refractivity contribution in [3.63, 3.8) is 0 Å². The number of nitrogens with one attached hydrogen (secondary N) is 2. The third-order valence-corrected chi connectivity index (χ3v) is 5.94. The smallest absolute Gasteiger partial charge is 0.269 e. The maximum Gasteiger partial charge on any atom is 0.269 e. The van der Waals surface area contributed by atoms with Gasteiger partial charge in [0.25, 0.3) is 5.91 Å². The first-order valence-corrected chi connectivity index (χ1v) is 12.2. The third-order valence-electron chi connectivity index (χ3n) is 5.21. The van der Waals surface area contributed by atoms with Crippen LogP contribution < -0.4 is 10.6 Å². The molecule has 0 aliphatic heterocycles. The highest BCUT2D eigenvalue weighted by Gasteiger charge is 2.16. The lowest BCUT2D eigenvalue weighted by Gasteiger charge is -2.09. The molecule has 12 heteroatoms. The number of aryl methyl sites for hydroxylation is 1. The molecule has 0 atom stereocenters. The minimum atomic E-state index is -0.322. The van der Waals surface area contributed by atoms with Gasteiger partial charge in [-0.15, -0.1) is 0 Å². The molecule has 0 saturated heterocycles. The van der Waals surface area contributed by atoms with Gasteiger partial charge >= 0.3 is 0 Å². The zero-order chi connectivity index (χ0) is 24.8. The number of methoxy groups -OCH3 is 1. The van der Waals surface area contributed by atoms with Crippen LogP contribution in [0.2, 0.25) is 0 Å². The first-order valence-electron chi connectivity index (χ1n) is 11.2. The van der Waals surface area contributed by atoms with E-state index in [1.165, 1.54) is 16.8 Å². The van der Waals surface area contributed by atoms with Gasteiger partial charge in [0.2, 0.25) is 0 Å². The number of anilines is 1. The fourth-order valence-corrected chi connectivity index (χ4v) is 4.07. The molecule has 1 aromatic carbocycles. The van der Waals surface area contributed by atoms with Crippen LogP contribution in [0.4, 0.5) is 10.2 Å². The van der Waals surface area contributed by atoms with E-state index in [1.54, 1.807) is 55.0 Å². The number of carbonyl (C=O) groups excluding carboxylic acids is 1. The lowest BCUT2D eigenvalue weighted by Crippen LogP contribution is -2.29. The minimum absolute atomic E-state index is 0.261. The molecule has 2 N–H and O–H groups in total. The summed E-state index contributed by atoms with van der Waals surface area (Å²) in [6.45, 7) is 3.99. The van der Waals surface area contributed by atoms with Gasteiger partial charge in [-0.25, -0.2) is 19.0 Å². The standard InChI is InChI=1S/C23H27FN8O2S/c1-4-35-23-28-20(25-10-12-34-3)17-14-27-32(21(17)29-23)11-9-26-22(33)19-13-18(30-31(19)2)15-5-7-16(24)8-6-15/h5-8,13-14H,4,9-12H2,1-3H3,(H,26,33)(H,25,28,29). The van der Waals surface area contributed by atoms with Crippen molar-refractivity contribution >= 4 is 34.5 Å². The molecule has 4 aromatic rings. The zero-order valence-electron chi connectivity index (χ0n) is 19.8. The minimum Gasteiger partial charge on any atom is -0.383 e. The van der Waals surface area contributed by atoms with Crippen LogP contribution in [0.15, 0.2) is 41.7 Å². The van der Waals surface area contributed by atoms with Crippen molar-refractivity contribution in [3.8, 4) is 11.3 Å². The van der Waals surface area contributed by atoms with Gasteiger partial charge in [-0.1, -0.05) is 18.7 Å². The van der Waals surface area contributed by atoms with Crippen LogP contribution in [-0.2, 0) is 18.3 Å². The predicted octanol–water partition coefficient (Wildman–Crippen LogP) is 2.97. The molecule has 3 aromatic heterocycles. The summed E-state index contributed by atoms with van der Waals surface area (Å²) in [5, 5.41) is 16.5. The molecule has 3 heterocycles. The second kappa shape index (κ2) is 11.3. The van der Waals surface area contributed by atoms with E-state index < -0.39 is 0 Å². The number of rotatable bonds is 11. The molecular weight excluding hydrogens is 471 g/mol. The molecule has 0 radical (unpaired) electrons. The van der Waals surface area contributed by atoms with Crippen LogP contribution in [0.25, 0.3) is 22.3 Å². The Morgan fingerprint density at radius 1 is 1.20 bits per heavy atom. The average Bonchev–Trinajstić information content (AvgIpc) is 3.43. The Balaban J connectivity index is 1.45. The van der Waals surface area contributed by atoms with E-state index in [9.17, 15) is 9.18 Å². The van der Waals surface area contributed by atoms with Gasteiger partial charge in [0, 0.05) is 32.8 Å². The van der Waals surface area contributed by atoms with Crippen molar-refractivity contribution < 1.29 is 13.9 Å². The molecule has 184 valence electrons. The Kier molecular flexibility index (Phi) is 7.93. The summed E-state index contributed by atoms with van der Waals surface area (Å²) in [6, 6.07) is 7.68. The summed E-state index contributed by atoms with van der Waals surface area (Å²) in [6.07, 6.45) is 1.72. The largest absolute Gasteiger partial charge is 0.383 e. The van der Waals surface area contributed by atoms with Gasteiger partial charge in [-0.2, -0.15) is 10.2 Å². The predicted molar refractivity (Wildman–Crippen MR) is 133 cm³/mol. The Bertz CT molecular complexity index is 1310. The summed E-state index contributed by atoms with van der Waals surface area (Å²) in [5.74, 6) is 0.972. The fraction of sp³-hybridized carbons (Fsp3) is 0.348. The summed E-state index contributed by atoms with van der Waals surface area (Å²) in [5.41, 5.74) is 2.44. The number of amides is 1. The van der Waals surface area contributed by atoms with E-state index >= 15 is 0 Å². The Morgan fingerprint density at radius 2 is 2.00 bits per heavy atom. The van der Waals surface area contributed by atoms with Gasteiger partial charge < -0.3 is 15.4 Å². The van der Waals surface area contributed by atoms with Crippen molar-refractivity contribution in [2.75, 3.05) is 37.9 Å². The Morgan fingerprint density at radius 3 is 2.74 bits per heavy atom. The molecule has 0 fully saturated rings. The van der Waals surface area contributed by atoms with Crippen LogP contribution in [0, 0.1) is 5.82 Å². The third kappa shape index (κ3) is 5.77. The second-order valence-corrected chi connectivity index (χ2v) is 8.84. The van der Waals surface area contributed by atoms with Crippen LogP contribution in [-0.4, -0.2) is 68.0 Å². The molecule has 1 amide bonds. The summed E-state index contributed by atoms with van der Waals surface area (Å²) in [4.78, 5) is 22.0. The zero-order valence-corrected chi connectivity index (χ0v) is 20.6. The number of fused-ring (bicyclic) bond motifs is 1. The number of thioether (sulfide) groups is 1. The Hall–Kier alpha value is -3.51. The van der Waals surface area contributed by atoms with E-state index in [2.05, 4.69) is 30.8 Å².